The van der Waals surface area contributed by atoms with E-state index in [9.17, 15) is 14.0 Å². The van der Waals surface area contributed by atoms with E-state index in [4.69, 9.17) is 0 Å². The Bertz CT molecular complexity index is 481. The Hall–Kier alpha value is -1.91. The minimum Gasteiger partial charge on any atom is -0.273 e. The van der Waals surface area contributed by atoms with Crippen LogP contribution in [0.25, 0.3) is 0 Å². The highest BCUT2D eigenvalue weighted by Gasteiger charge is 2.27. The lowest BCUT2D eigenvalue weighted by Gasteiger charge is -2.35. The number of hydrazine groups is 1. The highest BCUT2D eigenvalue weighted by Crippen LogP contribution is 2.13. The lowest BCUT2D eigenvalue weighted by Crippen LogP contribution is -2.55. The van der Waals surface area contributed by atoms with Gasteiger partial charge in [-0.05, 0) is 39.0 Å². The third-order valence-electron chi connectivity index (χ3n) is 2.52. The van der Waals surface area contributed by atoms with Crippen LogP contribution in [0.1, 0.15) is 44.5 Å². The highest BCUT2D eigenvalue weighted by molar-refractivity contribution is 5.95. The van der Waals surface area contributed by atoms with Crippen LogP contribution in [0.15, 0.2) is 24.3 Å². The van der Waals surface area contributed by atoms with E-state index in [0.717, 1.165) is 6.07 Å². The number of amides is 2. The van der Waals surface area contributed by atoms with Gasteiger partial charge in [-0.1, -0.05) is 13.0 Å². The van der Waals surface area contributed by atoms with Gasteiger partial charge in [0.15, 0.2) is 0 Å². The molecule has 0 bridgehead atoms. The van der Waals surface area contributed by atoms with Crippen LogP contribution in [0.3, 0.4) is 0 Å². The minimum absolute atomic E-state index is 0.179. The molecule has 1 rings (SSSR count). The summed E-state index contributed by atoms with van der Waals surface area (Å²) in [4.78, 5) is 23.8. The summed E-state index contributed by atoms with van der Waals surface area (Å²) in [5.41, 5.74) is 2.16. The second-order valence-electron chi connectivity index (χ2n) is 5.20. The van der Waals surface area contributed by atoms with Crippen molar-refractivity contribution in [2.75, 3.05) is 0 Å². The Morgan fingerprint density at radius 3 is 2.42 bits per heavy atom. The van der Waals surface area contributed by atoms with Gasteiger partial charge in [-0.3, -0.25) is 15.0 Å². The maximum absolute atomic E-state index is 13.1. The molecular weight excluding hydrogens is 247 g/mol. The number of carbonyl (C=O) groups excluding carboxylic acids is 2. The number of rotatable bonds is 2. The van der Waals surface area contributed by atoms with E-state index in [0.29, 0.717) is 0 Å². The summed E-state index contributed by atoms with van der Waals surface area (Å²) in [5, 5.41) is 1.28. The first-order chi connectivity index (χ1) is 8.75. The fourth-order valence-corrected chi connectivity index (χ4v) is 1.56. The summed E-state index contributed by atoms with van der Waals surface area (Å²) in [6.45, 7) is 7.15. The molecule has 1 aromatic rings. The van der Waals surface area contributed by atoms with Gasteiger partial charge >= 0.3 is 0 Å². The standard InChI is InChI=1S/C14H19FN2O2/c1-5-12(18)17(14(2,3)4)16-13(19)10-7-6-8-11(15)9-10/h6-9H,5H2,1-4H3,(H,16,19). The maximum atomic E-state index is 13.1. The summed E-state index contributed by atoms with van der Waals surface area (Å²) in [6.07, 6.45) is 0.278. The Labute approximate surface area is 112 Å². The van der Waals surface area contributed by atoms with Crippen molar-refractivity contribution in [3.63, 3.8) is 0 Å². The maximum Gasteiger partial charge on any atom is 0.269 e. The van der Waals surface area contributed by atoms with Crippen molar-refractivity contribution >= 4 is 11.8 Å². The normalized spacial score (nSPS) is 11.0. The van der Waals surface area contributed by atoms with Crippen LogP contribution in [0, 0.1) is 5.82 Å². The fraction of sp³-hybridized carbons (Fsp3) is 0.429. The molecular formula is C14H19FN2O2. The zero-order valence-electron chi connectivity index (χ0n) is 11.7. The van der Waals surface area contributed by atoms with Gasteiger partial charge in [-0.2, -0.15) is 0 Å². The van der Waals surface area contributed by atoms with Crippen LogP contribution in [0.4, 0.5) is 4.39 Å². The number of nitrogens with zero attached hydrogens (tertiary/aromatic N) is 1. The molecule has 0 aliphatic carbocycles. The zero-order valence-corrected chi connectivity index (χ0v) is 11.7. The fourth-order valence-electron chi connectivity index (χ4n) is 1.56. The van der Waals surface area contributed by atoms with Crippen molar-refractivity contribution < 1.29 is 14.0 Å². The first kappa shape index (κ1) is 15.1. The van der Waals surface area contributed by atoms with Gasteiger partial charge in [-0.15, -0.1) is 0 Å². The molecule has 0 atom stereocenters. The summed E-state index contributed by atoms with van der Waals surface area (Å²) in [6, 6.07) is 5.34. The van der Waals surface area contributed by atoms with Crippen molar-refractivity contribution in [1.82, 2.24) is 10.4 Å². The summed E-state index contributed by atoms with van der Waals surface area (Å²) < 4.78 is 13.1. The van der Waals surface area contributed by atoms with Crippen LogP contribution in [0.2, 0.25) is 0 Å². The third-order valence-corrected chi connectivity index (χ3v) is 2.52. The molecule has 0 aromatic heterocycles. The van der Waals surface area contributed by atoms with Crippen molar-refractivity contribution in [1.29, 1.82) is 0 Å². The Kier molecular flexibility index (Phi) is 4.64. The number of hydrogen-bond acceptors (Lipinski definition) is 2. The minimum atomic E-state index is -0.546. The molecule has 0 radical (unpaired) electrons. The van der Waals surface area contributed by atoms with E-state index in [1.54, 1.807) is 6.92 Å². The number of benzene rings is 1. The average molecular weight is 266 g/mol. The molecule has 4 nitrogen and oxygen atoms in total. The Balaban J connectivity index is 2.91. The SMILES string of the molecule is CCC(=O)N(NC(=O)c1cccc(F)c1)C(C)(C)C. The number of hydrogen-bond donors (Lipinski definition) is 1. The molecule has 0 heterocycles. The summed E-state index contributed by atoms with van der Waals surface area (Å²) in [5.74, 6) is -1.19. The molecule has 104 valence electrons. The molecule has 0 aliphatic rings. The topological polar surface area (TPSA) is 49.4 Å². The molecule has 0 unspecified atom stereocenters. The molecule has 0 aliphatic heterocycles. The molecule has 1 aromatic carbocycles. The molecule has 5 heteroatoms. The lowest BCUT2D eigenvalue weighted by molar-refractivity contribution is -0.138. The van der Waals surface area contributed by atoms with Gasteiger partial charge in [0.2, 0.25) is 5.91 Å². The third kappa shape index (κ3) is 4.05. The molecule has 0 spiro atoms. The predicted molar refractivity (Wildman–Crippen MR) is 70.8 cm³/mol. The van der Waals surface area contributed by atoms with Crippen LogP contribution >= 0.6 is 0 Å². The average Bonchev–Trinajstić information content (AvgIpc) is 2.33. The van der Waals surface area contributed by atoms with E-state index >= 15 is 0 Å². The smallest absolute Gasteiger partial charge is 0.269 e. The van der Waals surface area contributed by atoms with Gasteiger partial charge in [0.05, 0.1) is 5.54 Å². The van der Waals surface area contributed by atoms with E-state index in [-0.39, 0.29) is 17.9 Å². The van der Waals surface area contributed by atoms with Crippen molar-refractivity contribution in [3.8, 4) is 0 Å². The quantitative estimate of drug-likeness (QED) is 0.836. The second kappa shape index (κ2) is 5.82. The van der Waals surface area contributed by atoms with Gasteiger partial charge in [0.1, 0.15) is 5.82 Å². The summed E-state index contributed by atoms with van der Waals surface area (Å²) >= 11 is 0. The van der Waals surface area contributed by atoms with E-state index in [2.05, 4.69) is 5.43 Å². The van der Waals surface area contributed by atoms with Crippen LogP contribution in [0.5, 0.6) is 0 Å². The van der Waals surface area contributed by atoms with Gasteiger partial charge in [0.25, 0.3) is 5.91 Å². The molecule has 0 fully saturated rings. The van der Waals surface area contributed by atoms with Crippen LogP contribution in [-0.2, 0) is 4.79 Å². The monoisotopic (exact) mass is 266 g/mol. The van der Waals surface area contributed by atoms with Crippen LogP contribution in [-0.4, -0.2) is 22.4 Å². The van der Waals surface area contributed by atoms with E-state index in [1.165, 1.54) is 23.2 Å². The lowest BCUT2D eigenvalue weighted by atomic mass is 10.1. The number of halogens is 1. The molecule has 19 heavy (non-hydrogen) atoms. The van der Waals surface area contributed by atoms with Gasteiger partial charge in [-0.25, -0.2) is 9.40 Å². The first-order valence-electron chi connectivity index (χ1n) is 6.15. The molecule has 1 N–H and O–H groups in total. The van der Waals surface area contributed by atoms with Crippen LogP contribution < -0.4 is 5.43 Å². The zero-order chi connectivity index (χ0) is 14.6. The van der Waals surface area contributed by atoms with E-state index < -0.39 is 17.3 Å². The highest BCUT2D eigenvalue weighted by atomic mass is 19.1. The Morgan fingerprint density at radius 2 is 1.95 bits per heavy atom. The van der Waals surface area contributed by atoms with Crippen molar-refractivity contribution in [3.05, 3.63) is 35.6 Å². The largest absolute Gasteiger partial charge is 0.273 e. The predicted octanol–water partition coefficient (Wildman–Crippen LogP) is 2.51. The van der Waals surface area contributed by atoms with E-state index in [1.807, 2.05) is 20.8 Å². The van der Waals surface area contributed by atoms with Gasteiger partial charge in [0, 0.05) is 12.0 Å². The molecule has 2 amide bonds. The number of carbonyl (C=O) groups is 2. The summed E-state index contributed by atoms with van der Waals surface area (Å²) in [7, 11) is 0. The second-order valence-corrected chi connectivity index (χ2v) is 5.20. The molecule has 0 saturated carbocycles. The van der Waals surface area contributed by atoms with Crippen molar-refractivity contribution in [2.24, 2.45) is 0 Å². The molecule has 0 saturated heterocycles. The van der Waals surface area contributed by atoms with Gasteiger partial charge < -0.3 is 0 Å². The first-order valence-corrected chi connectivity index (χ1v) is 6.15. The van der Waals surface area contributed by atoms with Crippen molar-refractivity contribution in [2.45, 2.75) is 39.7 Å². The Morgan fingerprint density at radius 1 is 1.32 bits per heavy atom. The number of nitrogens with one attached hydrogen (secondary N) is 1.